The summed E-state index contributed by atoms with van der Waals surface area (Å²) < 4.78 is 13.8. The first-order valence-corrected chi connectivity index (χ1v) is 3.98. The van der Waals surface area contributed by atoms with Crippen LogP contribution in [-0.4, -0.2) is 56.7 Å². The topological polar surface area (TPSA) is 107 Å². The van der Waals surface area contributed by atoms with Crippen molar-refractivity contribution in [3.8, 4) is 0 Å². The maximum atomic E-state index is 9.93. The quantitative estimate of drug-likeness (QED) is 0.291. The third-order valence-electron chi connectivity index (χ3n) is 0.646. The van der Waals surface area contributed by atoms with Crippen LogP contribution in [0.25, 0.3) is 0 Å². The molecule has 0 heterocycles. The molecule has 68 valence electrons. The van der Waals surface area contributed by atoms with Crippen LogP contribution < -0.4 is 0 Å². The Morgan fingerprint density at radius 2 is 1.91 bits per heavy atom. The zero-order valence-corrected chi connectivity index (χ0v) is 5.94. The van der Waals surface area contributed by atoms with Gasteiger partial charge in [-0.25, -0.2) is 4.57 Å². The van der Waals surface area contributed by atoms with Gasteiger partial charge in [0.2, 0.25) is 0 Å². The van der Waals surface area contributed by atoms with Crippen LogP contribution in [0.4, 0.5) is 0 Å². The van der Waals surface area contributed by atoms with Gasteiger partial charge in [0.25, 0.3) is 0 Å². The average molecular weight is 202 g/mol. The van der Waals surface area contributed by atoms with Crippen LogP contribution in [0, 0.1) is 0 Å². The smallest absolute Gasteiger partial charge is 0.394 e. The van der Waals surface area contributed by atoms with E-state index in [1.165, 1.54) is 0 Å². The molecule has 0 saturated carbocycles. The van der Waals surface area contributed by atoms with Gasteiger partial charge in [-0.15, -0.1) is 0 Å². The number of aliphatic hydroxyl groups excluding tert-OH is 2. The highest BCUT2D eigenvalue weighted by molar-refractivity contribution is 7.46. The second-order valence-corrected chi connectivity index (χ2v) is 2.86. The van der Waals surface area contributed by atoms with Crippen molar-refractivity contribution in [1.82, 2.24) is 0 Å². The third-order valence-corrected chi connectivity index (χ3v) is 1.13. The fourth-order valence-corrected chi connectivity index (χ4v) is 0.602. The van der Waals surface area contributed by atoms with Gasteiger partial charge in [0.05, 0.1) is 13.2 Å². The van der Waals surface area contributed by atoms with Crippen molar-refractivity contribution in [3.63, 3.8) is 0 Å². The van der Waals surface area contributed by atoms with Gasteiger partial charge in [-0.05, 0) is 0 Å². The van der Waals surface area contributed by atoms with Crippen molar-refractivity contribution in [1.29, 1.82) is 0 Å². The molecule has 1 unspecified atom stereocenters. The summed E-state index contributed by atoms with van der Waals surface area (Å²) in [5, 5.41) is 16.7. The average Bonchev–Trinajstić information content (AvgIpc) is 1.81. The number of rotatable bonds is 4. The number of phosphoric acid groups is 1. The minimum Gasteiger partial charge on any atom is -0.394 e. The molecule has 0 aliphatic heterocycles. The van der Waals surface area contributed by atoms with Gasteiger partial charge in [0.1, 0.15) is 6.10 Å². The second-order valence-electron chi connectivity index (χ2n) is 1.62. The van der Waals surface area contributed by atoms with E-state index in [0.29, 0.717) is 0 Å². The van der Waals surface area contributed by atoms with Gasteiger partial charge < -0.3 is 20.0 Å². The van der Waals surface area contributed by atoms with Crippen LogP contribution in [-0.2, 0) is 9.09 Å². The van der Waals surface area contributed by atoms with Crippen molar-refractivity contribution in [2.45, 2.75) is 6.10 Å². The molecule has 0 aromatic heterocycles. The Bertz CT molecular complexity index is 134. The molecule has 0 aromatic carbocycles. The van der Waals surface area contributed by atoms with E-state index in [1.54, 1.807) is 0 Å². The zero-order chi connectivity index (χ0) is 8.20. The lowest BCUT2D eigenvalue weighted by Gasteiger charge is -2.07. The predicted octanol–water partition coefficient (Wildman–Crippen LogP) is -2.73. The van der Waals surface area contributed by atoms with Crippen molar-refractivity contribution in [3.05, 3.63) is 0 Å². The highest BCUT2D eigenvalue weighted by Crippen LogP contribution is 2.35. The highest BCUT2D eigenvalue weighted by atomic mass is 31.2. The summed E-state index contributed by atoms with van der Waals surface area (Å²) in [4.78, 5) is 16.1. The maximum Gasteiger partial charge on any atom is 0.469 e. The SMILES string of the molecule is O=P(O)(O)OCC(O)CO.[AlH3]. The van der Waals surface area contributed by atoms with E-state index in [9.17, 15) is 4.57 Å². The molecule has 0 aliphatic carbocycles. The lowest BCUT2D eigenvalue weighted by Crippen LogP contribution is -2.18. The van der Waals surface area contributed by atoms with Crippen molar-refractivity contribution >= 4 is 25.2 Å². The monoisotopic (exact) mass is 202 g/mol. The Kier molecular flexibility index (Phi) is 7.85. The van der Waals surface area contributed by atoms with Crippen LogP contribution in [0.2, 0.25) is 0 Å². The first kappa shape index (κ1) is 14.1. The van der Waals surface area contributed by atoms with Gasteiger partial charge >= 0.3 is 7.82 Å². The third kappa shape index (κ3) is 10.6. The minimum atomic E-state index is -4.50. The molecule has 0 rings (SSSR count). The van der Waals surface area contributed by atoms with Crippen LogP contribution in [0.15, 0.2) is 0 Å². The van der Waals surface area contributed by atoms with E-state index in [4.69, 9.17) is 20.0 Å². The highest BCUT2D eigenvalue weighted by Gasteiger charge is 2.15. The van der Waals surface area contributed by atoms with Crippen molar-refractivity contribution in [2.24, 2.45) is 0 Å². The standard InChI is InChI=1S/C3H9O6P.Al.3H/c4-1-3(5)2-9-10(6,7)8;;;;/h3-5H,1-2H2,(H2,6,7,8);;;;. The number of hydrogen-bond acceptors (Lipinski definition) is 4. The van der Waals surface area contributed by atoms with Crippen molar-refractivity contribution < 1.29 is 29.1 Å². The summed E-state index contributed by atoms with van der Waals surface area (Å²) in [7, 11) is -4.50. The molecule has 4 N–H and O–H groups in total. The number of aliphatic hydroxyl groups is 2. The summed E-state index contributed by atoms with van der Waals surface area (Å²) in [5.74, 6) is 0. The van der Waals surface area contributed by atoms with Crippen LogP contribution >= 0.6 is 7.82 Å². The summed E-state index contributed by atoms with van der Waals surface area (Å²) in [6.45, 7) is -1.15. The molecule has 0 amide bonds. The lowest BCUT2D eigenvalue weighted by molar-refractivity contribution is 0.0419. The molecular formula is C3H12AlO6P. The molecule has 11 heavy (non-hydrogen) atoms. The molecule has 0 spiro atoms. The van der Waals surface area contributed by atoms with Crippen LogP contribution in [0.5, 0.6) is 0 Å². The zero-order valence-electron chi connectivity index (χ0n) is 5.04. The van der Waals surface area contributed by atoms with E-state index in [-0.39, 0.29) is 17.4 Å². The fourth-order valence-electron chi connectivity index (χ4n) is 0.236. The van der Waals surface area contributed by atoms with Crippen LogP contribution in [0.3, 0.4) is 0 Å². The number of phosphoric ester groups is 1. The molecule has 0 saturated heterocycles. The Balaban J connectivity index is 0. The molecule has 0 aliphatic rings. The Morgan fingerprint density at radius 3 is 2.18 bits per heavy atom. The lowest BCUT2D eigenvalue weighted by atomic mass is 10.4. The number of hydrogen-bond donors (Lipinski definition) is 4. The molecule has 0 fully saturated rings. The minimum absolute atomic E-state index is 0. The van der Waals surface area contributed by atoms with E-state index in [0.717, 1.165) is 0 Å². The Hall–Kier alpha value is 0.562. The van der Waals surface area contributed by atoms with Crippen LogP contribution in [0.1, 0.15) is 0 Å². The molecule has 1 atom stereocenters. The first-order chi connectivity index (χ1) is 4.45. The first-order valence-electron chi connectivity index (χ1n) is 2.44. The van der Waals surface area contributed by atoms with Crippen molar-refractivity contribution in [2.75, 3.05) is 13.2 Å². The predicted molar refractivity (Wildman–Crippen MR) is 41.0 cm³/mol. The molecule has 0 aromatic rings. The molecular weight excluding hydrogens is 190 g/mol. The largest absolute Gasteiger partial charge is 0.469 e. The Labute approximate surface area is 74.2 Å². The maximum absolute atomic E-state index is 9.93. The van der Waals surface area contributed by atoms with E-state index < -0.39 is 27.1 Å². The van der Waals surface area contributed by atoms with Gasteiger partial charge in [-0.3, -0.25) is 4.52 Å². The van der Waals surface area contributed by atoms with E-state index in [2.05, 4.69) is 4.52 Å². The fraction of sp³-hybridized carbons (Fsp3) is 1.00. The summed E-state index contributed by atoms with van der Waals surface area (Å²) in [5.41, 5.74) is 0. The summed E-state index contributed by atoms with van der Waals surface area (Å²) >= 11 is 0. The van der Waals surface area contributed by atoms with Gasteiger partial charge in [-0.2, -0.15) is 0 Å². The summed E-state index contributed by atoms with van der Waals surface area (Å²) in [6.07, 6.45) is -1.24. The molecule has 0 bridgehead atoms. The van der Waals surface area contributed by atoms with Gasteiger partial charge in [0.15, 0.2) is 17.4 Å². The molecule has 6 nitrogen and oxygen atoms in total. The van der Waals surface area contributed by atoms with E-state index >= 15 is 0 Å². The van der Waals surface area contributed by atoms with Gasteiger partial charge in [0, 0.05) is 0 Å². The molecule has 0 radical (unpaired) electrons. The summed E-state index contributed by atoms with van der Waals surface area (Å²) in [6, 6.07) is 0. The van der Waals surface area contributed by atoms with Gasteiger partial charge in [-0.1, -0.05) is 0 Å². The second kappa shape index (κ2) is 6.12. The van der Waals surface area contributed by atoms with E-state index in [1.807, 2.05) is 0 Å². The molecule has 8 heteroatoms. The Morgan fingerprint density at radius 1 is 1.45 bits per heavy atom. The normalized spacial score (nSPS) is 13.8.